The maximum Gasteiger partial charge on any atom is 0.0623 e. The summed E-state index contributed by atoms with van der Waals surface area (Å²) in [5.74, 6) is 0. The number of rotatable bonds is 7. The van der Waals surface area contributed by atoms with Crippen LogP contribution in [-0.4, -0.2) is 23.4 Å². The largest absolute Gasteiger partial charge is 0.320 e. The minimum absolute atomic E-state index is 1.06. The van der Waals surface area contributed by atoms with Crippen LogP contribution in [0.2, 0.25) is 0 Å². The zero-order valence-corrected chi connectivity index (χ0v) is 10.8. The summed E-state index contributed by atoms with van der Waals surface area (Å²) in [6.45, 7) is 2.20. The standard InChI is InChI=1S/C10H18IN3/c1-12-6-4-2-3-5-7-14-9-10(11)8-13-14/h8-9,12H,2-7H2,1H3. The first-order valence-corrected chi connectivity index (χ1v) is 6.23. The van der Waals surface area contributed by atoms with E-state index in [1.54, 1.807) is 0 Å². The van der Waals surface area contributed by atoms with Crippen molar-refractivity contribution in [3.63, 3.8) is 0 Å². The van der Waals surface area contributed by atoms with Crippen molar-refractivity contribution in [1.82, 2.24) is 15.1 Å². The highest BCUT2D eigenvalue weighted by Crippen LogP contribution is 2.04. The van der Waals surface area contributed by atoms with Crippen molar-refractivity contribution < 1.29 is 0 Å². The van der Waals surface area contributed by atoms with Gasteiger partial charge < -0.3 is 5.32 Å². The average molecular weight is 307 g/mol. The molecule has 80 valence electrons. The van der Waals surface area contributed by atoms with E-state index in [9.17, 15) is 0 Å². The smallest absolute Gasteiger partial charge is 0.0623 e. The van der Waals surface area contributed by atoms with Gasteiger partial charge in [0.25, 0.3) is 0 Å². The Balaban J connectivity index is 1.99. The number of aryl methyl sites for hydroxylation is 1. The molecule has 4 heteroatoms. The minimum Gasteiger partial charge on any atom is -0.320 e. The lowest BCUT2D eigenvalue weighted by atomic mass is 10.2. The van der Waals surface area contributed by atoms with Gasteiger partial charge in [-0.15, -0.1) is 0 Å². The fourth-order valence-electron chi connectivity index (χ4n) is 1.39. The predicted octanol–water partition coefficient (Wildman–Crippen LogP) is 2.27. The Morgan fingerprint density at radius 2 is 2.14 bits per heavy atom. The van der Waals surface area contributed by atoms with Crippen LogP contribution in [0.4, 0.5) is 0 Å². The van der Waals surface area contributed by atoms with Crippen LogP contribution in [0.1, 0.15) is 25.7 Å². The number of nitrogens with zero attached hydrogens (tertiary/aromatic N) is 2. The third kappa shape index (κ3) is 4.95. The second kappa shape index (κ2) is 7.23. The molecular weight excluding hydrogens is 289 g/mol. The number of halogens is 1. The molecule has 0 radical (unpaired) electrons. The quantitative estimate of drug-likeness (QED) is 0.619. The van der Waals surface area contributed by atoms with Crippen LogP contribution < -0.4 is 5.32 Å². The summed E-state index contributed by atoms with van der Waals surface area (Å²) in [7, 11) is 2.01. The van der Waals surface area contributed by atoms with Gasteiger partial charge in [0.15, 0.2) is 0 Å². The molecule has 1 heterocycles. The summed E-state index contributed by atoms with van der Waals surface area (Å²) in [4.78, 5) is 0. The Bertz CT molecular complexity index is 247. The average Bonchev–Trinajstić information content (AvgIpc) is 2.58. The summed E-state index contributed by atoms with van der Waals surface area (Å²) in [6, 6.07) is 0. The molecule has 0 aromatic carbocycles. The van der Waals surface area contributed by atoms with Crippen LogP contribution in [0.15, 0.2) is 12.4 Å². The molecule has 0 saturated heterocycles. The van der Waals surface area contributed by atoms with Crippen molar-refractivity contribution in [1.29, 1.82) is 0 Å². The van der Waals surface area contributed by atoms with E-state index in [0.29, 0.717) is 0 Å². The van der Waals surface area contributed by atoms with Gasteiger partial charge in [-0.1, -0.05) is 12.8 Å². The highest BCUT2D eigenvalue weighted by molar-refractivity contribution is 14.1. The molecule has 0 spiro atoms. The highest BCUT2D eigenvalue weighted by atomic mass is 127. The van der Waals surface area contributed by atoms with Crippen molar-refractivity contribution in [3.8, 4) is 0 Å². The lowest BCUT2D eigenvalue weighted by Gasteiger charge is -2.01. The van der Waals surface area contributed by atoms with Gasteiger partial charge in [-0.2, -0.15) is 5.10 Å². The van der Waals surface area contributed by atoms with E-state index in [-0.39, 0.29) is 0 Å². The Labute approximate surface area is 99.4 Å². The molecule has 0 aliphatic rings. The first-order valence-electron chi connectivity index (χ1n) is 5.15. The molecular formula is C10H18IN3. The lowest BCUT2D eigenvalue weighted by molar-refractivity contribution is 0.531. The van der Waals surface area contributed by atoms with Crippen LogP contribution in [-0.2, 0) is 6.54 Å². The van der Waals surface area contributed by atoms with E-state index in [1.165, 1.54) is 29.3 Å². The number of hydrogen-bond acceptors (Lipinski definition) is 2. The first-order chi connectivity index (χ1) is 6.83. The second-order valence-electron chi connectivity index (χ2n) is 3.44. The minimum atomic E-state index is 1.06. The van der Waals surface area contributed by atoms with Crippen molar-refractivity contribution in [3.05, 3.63) is 16.0 Å². The van der Waals surface area contributed by atoms with Crippen molar-refractivity contribution in [2.24, 2.45) is 0 Å². The number of hydrogen-bond donors (Lipinski definition) is 1. The Morgan fingerprint density at radius 3 is 2.79 bits per heavy atom. The molecule has 3 nitrogen and oxygen atoms in total. The number of nitrogens with one attached hydrogen (secondary N) is 1. The van der Waals surface area contributed by atoms with E-state index >= 15 is 0 Å². The molecule has 1 N–H and O–H groups in total. The lowest BCUT2D eigenvalue weighted by Crippen LogP contribution is -2.07. The van der Waals surface area contributed by atoms with E-state index in [0.717, 1.165) is 13.1 Å². The normalized spacial score (nSPS) is 10.7. The van der Waals surface area contributed by atoms with Crippen molar-refractivity contribution in [2.75, 3.05) is 13.6 Å². The van der Waals surface area contributed by atoms with Crippen LogP contribution in [0, 0.1) is 3.57 Å². The number of aromatic nitrogens is 2. The third-order valence-electron chi connectivity index (χ3n) is 2.17. The van der Waals surface area contributed by atoms with E-state index in [1.807, 2.05) is 17.9 Å². The molecule has 1 aromatic rings. The van der Waals surface area contributed by atoms with Gasteiger partial charge in [0.1, 0.15) is 0 Å². The van der Waals surface area contributed by atoms with E-state index in [2.05, 4.69) is 39.2 Å². The summed E-state index contributed by atoms with van der Waals surface area (Å²) >= 11 is 2.29. The first kappa shape index (κ1) is 12.0. The van der Waals surface area contributed by atoms with Gasteiger partial charge in [0, 0.05) is 12.7 Å². The molecule has 0 saturated carbocycles. The highest BCUT2D eigenvalue weighted by Gasteiger charge is 1.94. The molecule has 1 rings (SSSR count). The van der Waals surface area contributed by atoms with Gasteiger partial charge in [0.2, 0.25) is 0 Å². The van der Waals surface area contributed by atoms with Gasteiger partial charge in [0.05, 0.1) is 9.77 Å². The zero-order valence-electron chi connectivity index (χ0n) is 8.67. The molecule has 0 aliphatic carbocycles. The van der Waals surface area contributed by atoms with Crippen LogP contribution in [0.3, 0.4) is 0 Å². The monoisotopic (exact) mass is 307 g/mol. The maximum atomic E-state index is 4.25. The molecule has 14 heavy (non-hydrogen) atoms. The van der Waals surface area contributed by atoms with E-state index < -0.39 is 0 Å². The summed E-state index contributed by atoms with van der Waals surface area (Å²) in [5.41, 5.74) is 0. The van der Waals surface area contributed by atoms with Crippen LogP contribution in [0.5, 0.6) is 0 Å². The molecule has 1 aromatic heterocycles. The molecule has 0 unspecified atom stereocenters. The van der Waals surface area contributed by atoms with Crippen LogP contribution in [0.25, 0.3) is 0 Å². The summed E-state index contributed by atoms with van der Waals surface area (Å²) < 4.78 is 3.25. The van der Waals surface area contributed by atoms with Crippen molar-refractivity contribution >= 4 is 22.6 Å². The summed E-state index contributed by atoms with van der Waals surface area (Å²) in [5, 5.41) is 7.41. The third-order valence-corrected chi connectivity index (χ3v) is 2.72. The van der Waals surface area contributed by atoms with E-state index in [4.69, 9.17) is 0 Å². The molecule has 0 amide bonds. The maximum absolute atomic E-state index is 4.25. The molecule has 0 aliphatic heterocycles. The van der Waals surface area contributed by atoms with Gasteiger partial charge in [-0.3, -0.25) is 4.68 Å². The molecule has 0 atom stereocenters. The van der Waals surface area contributed by atoms with Gasteiger partial charge in [-0.05, 0) is 49.0 Å². The topological polar surface area (TPSA) is 29.9 Å². The van der Waals surface area contributed by atoms with Crippen LogP contribution >= 0.6 is 22.6 Å². The fourth-order valence-corrected chi connectivity index (χ4v) is 1.84. The fraction of sp³-hybridized carbons (Fsp3) is 0.700. The molecule has 0 fully saturated rings. The molecule has 0 bridgehead atoms. The summed E-state index contributed by atoms with van der Waals surface area (Å²) in [6.07, 6.45) is 9.14. The predicted molar refractivity (Wildman–Crippen MR) is 67.3 cm³/mol. The Morgan fingerprint density at radius 1 is 1.36 bits per heavy atom. The Hall–Kier alpha value is -0.100. The second-order valence-corrected chi connectivity index (χ2v) is 4.69. The van der Waals surface area contributed by atoms with Crippen molar-refractivity contribution in [2.45, 2.75) is 32.2 Å². The Kier molecular flexibility index (Phi) is 6.18. The SMILES string of the molecule is CNCCCCCCn1cc(I)cn1. The van der Waals surface area contributed by atoms with Gasteiger partial charge >= 0.3 is 0 Å². The number of unbranched alkanes of at least 4 members (excludes halogenated alkanes) is 3. The zero-order chi connectivity index (χ0) is 10.2. The van der Waals surface area contributed by atoms with Gasteiger partial charge in [-0.25, -0.2) is 0 Å².